The van der Waals surface area contributed by atoms with Crippen LogP contribution in [0.3, 0.4) is 0 Å². The smallest absolute Gasteiger partial charge is 0.383 e. The van der Waals surface area contributed by atoms with Crippen LogP contribution in [-0.2, 0) is 16.5 Å². The molecule has 1 aromatic rings. The second-order valence-electron chi connectivity index (χ2n) is 3.83. The third-order valence-corrected chi connectivity index (χ3v) is 2.29. The number of alkyl halides is 3. The highest BCUT2D eigenvalue weighted by atomic mass is 19.4. The Bertz CT molecular complexity index is 377. The van der Waals surface area contributed by atoms with Crippen LogP contribution in [0.4, 0.5) is 13.2 Å². The SMILES string of the molecule is CCOCC(C)(O)c1cnccc1C(F)(F)F. The van der Waals surface area contributed by atoms with Gasteiger partial charge in [0.05, 0.1) is 12.2 Å². The molecule has 0 aromatic carbocycles. The van der Waals surface area contributed by atoms with Gasteiger partial charge in [0.25, 0.3) is 0 Å². The molecular weight excluding hydrogens is 235 g/mol. The summed E-state index contributed by atoms with van der Waals surface area (Å²) in [6.07, 6.45) is -2.46. The van der Waals surface area contributed by atoms with Crippen LogP contribution >= 0.6 is 0 Å². The fourth-order valence-electron chi connectivity index (χ4n) is 1.45. The lowest BCUT2D eigenvalue weighted by Gasteiger charge is -2.26. The summed E-state index contributed by atoms with van der Waals surface area (Å²) in [7, 11) is 0. The number of hydrogen-bond acceptors (Lipinski definition) is 3. The lowest BCUT2D eigenvalue weighted by Crippen LogP contribution is -2.31. The van der Waals surface area contributed by atoms with Crippen LogP contribution in [0.2, 0.25) is 0 Å². The predicted octanol–water partition coefficient (Wildman–Crippen LogP) is 2.34. The molecule has 0 aliphatic heterocycles. The second-order valence-corrected chi connectivity index (χ2v) is 3.83. The van der Waals surface area contributed by atoms with Gasteiger partial charge >= 0.3 is 6.18 Å². The molecule has 1 unspecified atom stereocenters. The molecule has 17 heavy (non-hydrogen) atoms. The van der Waals surface area contributed by atoms with Gasteiger partial charge in [0.1, 0.15) is 5.60 Å². The molecule has 96 valence electrons. The highest BCUT2D eigenvalue weighted by Gasteiger charge is 2.38. The van der Waals surface area contributed by atoms with Gasteiger partial charge in [0.15, 0.2) is 0 Å². The van der Waals surface area contributed by atoms with E-state index in [9.17, 15) is 18.3 Å². The molecule has 6 heteroatoms. The number of aliphatic hydroxyl groups is 1. The van der Waals surface area contributed by atoms with Crippen molar-refractivity contribution in [2.45, 2.75) is 25.6 Å². The Morgan fingerprint density at radius 1 is 1.35 bits per heavy atom. The minimum Gasteiger partial charge on any atom is -0.383 e. The van der Waals surface area contributed by atoms with Gasteiger partial charge in [0, 0.05) is 24.6 Å². The van der Waals surface area contributed by atoms with Gasteiger partial charge in [-0.1, -0.05) is 0 Å². The molecule has 1 atom stereocenters. The fraction of sp³-hybridized carbons (Fsp3) is 0.545. The van der Waals surface area contributed by atoms with E-state index in [2.05, 4.69) is 4.98 Å². The average molecular weight is 249 g/mol. The van der Waals surface area contributed by atoms with Crippen molar-refractivity contribution in [1.29, 1.82) is 0 Å². The Morgan fingerprint density at radius 3 is 2.53 bits per heavy atom. The first-order valence-corrected chi connectivity index (χ1v) is 5.11. The first-order chi connectivity index (χ1) is 7.79. The second kappa shape index (κ2) is 5.01. The highest BCUT2D eigenvalue weighted by Crippen LogP contribution is 2.36. The molecule has 1 heterocycles. The molecule has 0 saturated heterocycles. The molecule has 0 bridgehead atoms. The van der Waals surface area contributed by atoms with E-state index in [1.54, 1.807) is 6.92 Å². The van der Waals surface area contributed by atoms with Gasteiger partial charge < -0.3 is 9.84 Å². The molecule has 0 fully saturated rings. The molecule has 0 saturated carbocycles. The van der Waals surface area contributed by atoms with Crippen LogP contribution in [0, 0.1) is 0 Å². The van der Waals surface area contributed by atoms with Crippen molar-refractivity contribution >= 4 is 0 Å². The zero-order valence-corrected chi connectivity index (χ0v) is 9.58. The molecule has 0 amide bonds. The Kier molecular flexibility index (Phi) is 4.11. The van der Waals surface area contributed by atoms with Gasteiger partial charge in [-0.3, -0.25) is 4.98 Å². The van der Waals surface area contributed by atoms with E-state index < -0.39 is 17.3 Å². The number of nitrogens with zero attached hydrogens (tertiary/aromatic N) is 1. The normalized spacial score (nSPS) is 15.6. The van der Waals surface area contributed by atoms with Gasteiger partial charge in [-0.2, -0.15) is 13.2 Å². The summed E-state index contributed by atoms with van der Waals surface area (Å²) in [4.78, 5) is 3.62. The number of pyridine rings is 1. The van der Waals surface area contributed by atoms with Gasteiger partial charge in [-0.15, -0.1) is 0 Å². The molecule has 0 aliphatic carbocycles. The minimum atomic E-state index is -4.52. The molecule has 1 N–H and O–H groups in total. The first kappa shape index (κ1) is 13.9. The summed E-state index contributed by atoms with van der Waals surface area (Å²) < 4.78 is 43.1. The topological polar surface area (TPSA) is 42.4 Å². The number of aromatic nitrogens is 1. The van der Waals surface area contributed by atoms with E-state index in [-0.39, 0.29) is 12.2 Å². The molecular formula is C11H14F3NO2. The van der Waals surface area contributed by atoms with Crippen LogP contribution < -0.4 is 0 Å². The van der Waals surface area contributed by atoms with Crippen molar-refractivity contribution in [3.8, 4) is 0 Å². The zero-order valence-electron chi connectivity index (χ0n) is 9.58. The molecule has 1 rings (SSSR count). The minimum absolute atomic E-state index is 0.210. The van der Waals surface area contributed by atoms with E-state index in [4.69, 9.17) is 4.74 Å². The molecule has 0 radical (unpaired) electrons. The van der Waals surface area contributed by atoms with E-state index >= 15 is 0 Å². The Hall–Kier alpha value is -1.14. The van der Waals surface area contributed by atoms with E-state index in [0.29, 0.717) is 6.61 Å². The lowest BCUT2D eigenvalue weighted by molar-refractivity contribution is -0.141. The number of halogens is 3. The molecule has 0 aliphatic rings. The fourth-order valence-corrected chi connectivity index (χ4v) is 1.45. The summed E-state index contributed by atoms with van der Waals surface area (Å²) in [6.45, 7) is 3.08. The van der Waals surface area contributed by atoms with Crippen LogP contribution in [0.5, 0.6) is 0 Å². The predicted molar refractivity (Wildman–Crippen MR) is 55.3 cm³/mol. The van der Waals surface area contributed by atoms with Crippen molar-refractivity contribution < 1.29 is 23.0 Å². The summed E-state index contributed by atoms with van der Waals surface area (Å²) >= 11 is 0. The molecule has 1 aromatic heterocycles. The Labute approximate surface area is 97.2 Å². The van der Waals surface area contributed by atoms with Gasteiger partial charge in [0.2, 0.25) is 0 Å². The van der Waals surface area contributed by atoms with Crippen molar-refractivity contribution in [2.75, 3.05) is 13.2 Å². The van der Waals surface area contributed by atoms with E-state index in [0.717, 1.165) is 18.5 Å². The van der Waals surface area contributed by atoms with Gasteiger partial charge in [-0.05, 0) is 19.9 Å². The highest BCUT2D eigenvalue weighted by molar-refractivity contribution is 5.31. The molecule has 3 nitrogen and oxygen atoms in total. The maximum absolute atomic E-state index is 12.7. The van der Waals surface area contributed by atoms with E-state index in [1.165, 1.54) is 6.92 Å². The Morgan fingerprint density at radius 2 is 2.00 bits per heavy atom. The quantitative estimate of drug-likeness (QED) is 0.890. The largest absolute Gasteiger partial charge is 0.416 e. The summed E-state index contributed by atoms with van der Waals surface area (Å²) in [6, 6.07) is 0.843. The Balaban J connectivity index is 3.13. The summed E-state index contributed by atoms with van der Waals surface area (Å²) in [5.41, 5.74) is -2.88. The van der Waals surface area contributed by atoms with Crippen LogP contribution in [-0.4, -0.2) is 23.3 Å². The van der Waals surface area contributed by atoms with Crippen molar-refractivity contribution in [1.82, 2.24) is 4.98 Å². The van der Waals surface area contributed by atoms with Gasteiger partial charge in [-0.25, -0.2) is 0 Å². The van der Waals surface area contributed by atoms with E-state index in [1.807, 2.05) is 0 Å². The van der Waals surface area contributed by atoms with Crippen molar-refractivity contribution in [3.05, 3.63) is 29.6 Å². The third kappa shape index (κ3) is 3.41. The van der Waals surface area contributed by atoms with Crippen LogP contribution in [0.1, 0.15) is 25.0 Å². The maximum Gasteiger partial charge on any atom is 0.416 e. The number of hydrogen-bond donors (Lipinski definition) is 1. The monoisotopic (exact) mass is 249 g/mol. The third-order valence-electron chi connectivity index (χ3n) is 2.29. The molecule has 0 spiro atoms. The number of ether oxygens (including phenoxy) is 1. The first-order valence-electron chi connectivity index (χ1n) is 5.11. The standard InChI is InChI=1S/C11H14F3NO2/c1-3-17-7-10(2,16)9-6-15-5-4-8(9)11(12,13)14/h4-6,16H,3,7H2,1-2H3. The maximum atomic E-state index is 12.7. The summed E-state index contributed by atoms with van der Waals surface area (Å²) in [5, 5.41) is 10.00. The van der Waals surface area contributed by atoms with Crippen molar-refractivity contribution in [3.63, 3.8) is 0 Å². The van der Waals surface area contributed by atoms with Crippen LogP contribution in [0.25, 0.3) is 0 Å². The number of rotatable bonds is 4. The zero-order chi connectivity index (χ0) is 13.1. The van der Waals surface area contributed by atoms with Crippen LogP contribution in [0.15, 0.2) is 18.5 Å². The summed E-state index contributed by atoms with van der Waals surface area (Å²) in [5.74, 6) is 0. The van der Waals surface area contributed by atoms with Crippen molar-refractivity contribution in [2.24, 2.45) is 0 Å². The lowest BCUT2D eigenvalue weighted by atomic mass is 9.94. The average Bonchev–Trinajstić information content (AvgIpc) is 2.25.